The molecule has 4 heteroatoms. The fourth-order valence-corrected chi connectivity index (χ4v) is 1.93. The maximum absolute atomic E-state index is 11.6. The topological polar surface area (TPSA) is 42.0 Å². The zero-order valence-electron chi connectivity index (χ0n) is 10.2. The Morgan fingerprint density at radius 1 is 1.41 bits per heavy atom. The van der Waals surface area contributed by atoms with Crippen molar-refractivity contribution in [2.24, 2.45) is 0 Å². The number of rotatable bonds is 7. The first kappa shape index (κ1) is 14.2. The molecule has 94 valence electrons. The number of alkyl halides is 1. The Morgan fingerprint density at radius 3 is 2.94 bits per heavy atom. The van der Waals surface area contributed by atoms with Crippen molar-refractivity contribution >= 4 is 27.7 Å². The fraction of sp³-hybridized carbons (Fsp3) is 0.538. The predicted octanol–water partition coefficient (Wildman–Crippen LogP) is 3.54. The maximum atomic E-state index is 11.6. The van der Waals surface area contributed by atoms with Crippen molar-refractivity contribution < 1.29 is 4.79 Å². The molecule has 0 atom stereocenters. The normalized spacial score (nSPS) is 10.2. The number of carbonyl (C=O) groups is 1. The summed E-state index contributed by atoms with van der Waals surface area (Å²) in [6.45, 7) is 2.13. The molecule has 0 aliphatic rings. The number of carbonyl (C=O) groups excluding carboxylic acids is 1. The molecule has 0 aliphatic heterocycles. The summed E-state index contributed by atoms with van der Waals surface area (Å²) in [5, 5.41) is 3.72. The summed E-state index contributed by atoms with van der Waals surface area (Å²) in [4.78, 5) is 16.0. The third kappa shape index (κ3) is 5.82. The maximum Gasteiger partial charge on any atom is 0.225 e. The van der Waals surface area contributed by atoms with Crippen molar-refractivity contribution in [2.45, 2.75) is 39.0 Å². The number of nitrogens with zero attached hydrogens (tertiary/aromatic N) is 1. The van der Waals surface area contributed by atoms with Gasteiger partial charge in [-0.25, -0.2) is 4.98 Å². The van der Waals surface area contributed by atoms with Crippen molar-refractivity contribution in [1.82, 2.24) is 4.98 Å². The van der Waals surface area contributed by atoms with E-state index in [0.717, 1.165) is 36.7 Å². The summed E-state index contributed by atoms with van der Waals surface area (Å²) in [5.41, 5.74) is 0.994. The molecule has 1 heterocycles. The largest absolute Gasteiger partial charge is 0.311 e. The smallest absolute Gasteiger partial charge is 0.225 e. The van der Waals surface area contributed by atoms with Crippen LogP contribution in [0.25, 0.3) is 0 Å². The number of amides is 1. The van der Waals surface area contributed by atoms with Gasteiger partial charge in [0.2, 0.25) is 5.91 Å². The zero-order valence-corrected chi connectivity index (χ0v) is 11.8. The lowest BCUT2D eigenvalue weighted by Crippen LogP contribution is -2.12. The summed E-state index contributed by atoms with van der Waals surface area (Å²) in [5.74, 6) is 0.715. The number of pyridine rings is 1. The highest BCUT2D eigenvalue weighted by Crippen LogP contribution is 2.08. The average Bonchev–Trinajstić information content (AvgIpc) is 2.30. The lowest BCUT2D eigenvalue weighted by atomic mass is 10.2. The molecule has 1 amide bonds. The van der Waals surface area contributed by atoms with Crippen molar-refractivity contribution in [3.63, 3.8) is 0 Å². The lowest BCUT2D eigenvalue weighted by molar-refractivity contribution is -0.116. The van der Waals surface area contributed by atoms with Crippen molar-refractivity contribution in [1.29, 1.82) is 0 Å². The van der Waals surface area contributed by atoms with Gasteiger partial charge in [-0.3, -0.25) is 4.79 Å². The van der Waals surface area contributed by atoms with Gasteiger partial charge in [-0.05, 0) is 25.0 Å². The highest BCUT2D eigenvalue weighted by Gasteiger charge is 2.03. The fourth-order valence-electron chi connectivity index (χ4n) is 1.53. The van der Waals surface area contributed by atoms with Gasteiger partial charge in [-0.15, -0.1) is 0 Å². The van der Waals surface area contributed by atoms with Crippen LogP contribution >= 0.6 is 15.9 Å². The second kappa shape index (κ2) is 8.23. The Balaban J connectivity index is 2.44. The molecule has 1 N–H and O–H groups in total. The highest BCUT2D eigenvalue weighted by molar-refractivity contribution is 9.09. The van der Waals surface area contributed by atoms with Crippen molar-refractivity contribution in [3.8, 4) is 0 Å². The third-order valence-corrected chi connectivity index (χ3v) is 2.83. The van der Waals surface area contributed by atoms with Gasteiger partial charge < -0.3 is 5.32 Å². The molecular weight excluding hydrogens is 280 g/mol. The first-order chi connectivity index (χ1) is 8.26. The Morgan fingerprint density at radius 2 is 2.24 bits per heavy atom. The summed E-state index contributed by atoms with van der Waals surface area (Å²) < 4.78 is 0. The quantitative estimate of drug-likeness (QED) is 0.618. The molecule has 0 aliphatic carbocycles. The van der Waals surface area contributed by atoms with Crippen LogP contribution in [0.4, 0.5) is 5.82 Å². The number of aryl methyl sites for hydroxylation is 1. The van der Waals surface area contributed by atoms with E-state index in [4.69, 9.17) is 0 Å². The van der Waals surface area contributed by atoms with Crippen molar-refractivity contribution in [3.05, 3.63) is 23.9 Å². The summed E-state index contributed by atoms with van der Waals surface area (Å²) in [6, 6.07) is 5.72. The minimum absolute atomic E-state index is 0.0574. The van der Waals surface area contributed by atoms with Gasteiger partial charge in [-0.2, -0.15) is 0 Å². The number of anilines is 1. The molecule has 0 bridgehead atoms. The monoisotopic (exact) mass is 298 g/mol. The molecule has 1 aromatic heterocycles. The first-order valence-corrected chi connectivity index (χ1v) is 7.20. The van der Waals surface area contributed by atoms with Gasteiger partial charge >= 0.3 is 0 Å². The number of hydrogen-bond acceptors (Lipinski definition) is 2. The summed E-state index contributed by atoms with van der Waals surface area (Å²) in [7, 11) is 0. The van der Waals surface area contributed by atoms with E-state index in [-0.39, 0.29) is 5.91 Å². The van der Waals surface area contributed by atoms with Crippen LogP contribution in [-0.2, 0) is 11.2 Å². The Hall–Kier alpha value is -0.900. The van der Waals surface area contributed by atoms with E-state index < -0.39 is 0 Å². The number of aromatic nitrogens is 1. The number of hydrogen-bond donors (Lipinski definition) is 1. The van der Waals surface area contributed by atoms with E-state index >= 15 is 0 Å². The molecule has 0 fully saturated rings. The first-order valence-electron chi connectivity index (χ1n) is 6.08. The standard InChI is InChI=1S/C13H19BrN2O/c1-2-3-4-8-13(17)16-12-7-5-6-11(15-12)9-10-14/h5-7H,2-4,8-10H2,1H3,(H,15,16,17). The van der Waals surface area contributed by atoms with E-state index in [0.29, 0.717) is 12.2 Å². The molecule has 1 aromatic rings. The van der Waals surface area contributed by atoms with Crippen LogP contribution in [0, 0.1) is 0 Å². The van der Waals surface area contributed by atoms with Crippen LogP contribution in [0.15, 0.2) is 18.2 Å². The number of nitrogens with one attached hydrogen (secondary N) is 1. The number of halogens is 1. The van der Waals surface area contributed by atoms with Gasteiger partial charge in [-0.1, -0.05) is 41.8 Å². The van der Waals surface area contributed by atoms with Crippen LogP contribution in [0.3, 0.4) is 0 Å². The second-order valence-electron chi connectivity index (χ2n) is 3.96. The van der Waals surface area contributed by atoms with Gasteiger partial charge in [0, 0.05) is 17.4 Å². The molecule has 1 rings (SSSR count). The Kier molecular flexibility index (Phi) is 6.86. The molecule has 3 nitrogen and oxygen atoms in total. The predicted molar refractivity (Wildman–Crippen MR) is 74.5 cm³/mol. The van der Waals surface area contributed by atoms with Crippen LogP contribution in [0.5, 0.6) is 0 Å². The molecule has 0 spiro atoms. The van der Waals surface area contributed by atoms with E-state index in [9.17, 15) is 4.79 Å². The molecule has 17 heavy (non-hydrogen) atoms. The van der Waals surface area contributed by atoms with E-state index in [1.807, 2.05) is 18.2 Å². The summed E-state index contributed by atoms with van der Waals surface area (Å²) >= 11 is 3.38. The average molecular weight is 299 g/mol. The Labute approximate surface area is 111 Å². The molecule has 0 aromatic carbocycles. The zero-order chi connectivity index (χ0) is 12.5. The lowest BCUT2D eigenvalue weighted by Gasteiger charge is -2.05. The summed E-state index contributed by atoms with van der Waals surface area (Å²) in [6.07, 6.45) is 4.64. The second-order valence-corrected chi connectivity index (χ2v) is 4.75. The van der Waals surface area contributed by atoms with E-state index in [2.05, 4.69) is 33.2 Å². The van der Waals surface area contributed by atoms with Crippen LogP contribution < -0.4 is 5.32 Å². The van der Waals surface area contributed by atoms with Crippen LogP contribution in [0.2, 0.25) is 0 Å². The highest BCUT2D eigenvalue weighted by atomic mass is 79.9. The van der Waals surface area contributed by atoms with E-state index in [1.54, 1.807) is 0 Å². The van der Waals surface area contributed by atoms with Gasteiger partial charge in [0.05, 0.1) is 0 Å². The Bertz CT molecular complexity index is 355. The molecule has 0 unspecified atom stereocenters. The van der Waals surface area contributed by atoms with E-state index in [1.165, 1.54) is 0 Å². The third-order valence-electron chi connectivity index (χ3n) is 2.43. The van der Waals surface area contributed by atoms with Gasteiger partial charge in [0.25, 0.3) is 0 Å². The molecular formula is C13H19BrN2O. The van der Waals surface area contributed by atoms with Crippen molar-refractivity contribution in [2.75, 3.05) is 10.6 Å². The van der Waals surface area contributed by atoms with Crippen LogP contribution in [-0.4, -0.2) is 16.2 Å². The molecule has 0 radical (unpaired) electrons. The molecule has 0 saturated heterocycles. The minimum Gasteiger partial charge on any atom is -0.311 e. The van der Waals surface area contributed by atoms with Gasteiger partial charge in [0.1, 0.15) is 5.82 Å². The van der Waals surface area contributed by atoms with Crippen LogP contribution in [0.1, 0.15) is 38.3 Å². The minimum atomic E-state index is 0.0574. The SMILES string of the molecule is CCCCCC(=O)Nc1cccc(CCBr)n1. The number of unbranched alkanes of at least 4 members (excludes halogenated alkanes) is 2. The van der Waals surface area contributed by atoms with Gasteiger partial charge in [0.15, 0.2) is 0 Å². The molecule has 0 saturated carbocycles.